The quantitative estimate of drug-likeness (QED) is 0.530. The van der Waals surface area contributed by atoms with Crippen LogP contribution in [0.5, 0.6) is 0 Å². The minimum atomic E-state index is -0.425. The van der Waals surface area contributed by atoms with Crippen molar-refractivity contribution in [2.24, 2.45) is 5.92 Å². The number of ether oxygens (including phenoxy) is 2. The molecule has 0 aliphatic rings. The summed E-state index contributed by atoms with van der Waals surface area (Å²) in [6.07, 6.45) is -0.425. The molecule has 14 heavy (non-hydrogen) atoms. The molecule has 1 atom stereocenters. The molecule has 0 bridgehead atoms. The van der Waals surface area contributed by atoms with Crippen LogP contribution >= 0.6 is 0 Å². The minimum absolute atomic E-state index is 0.401. The fourth-order valence-corrected chi connectivity index (χ4v) is 0.942. The standard InChI is InChI=1S/C10H23NO3/c1-9(2)7-14-8-10(12)6-11-4-5-13-3/h9-12H,4-8H2,1-3H3. The molecule has 4 nitrogen and oxygen atoms in total. The Morgan fingerprint density at radius 2 is 2.00 bits per heavy atom. The molecule has 0 aromatic rings. The molecule has 0 heterocycles. The van der Waals surface area contributed by atoms with Crippen molar-refractivity contribution in [1.82, 2.24) is 5.32 Å². The van der Waals surface area contributed by atoms with Crippen LogP contribution in [0.1, 0.15) is 13.8 Å². The maximum Gasteiger partial charge on any atom is 0.0897 e. The average molecular weight is 205 g/mol. The van der Waals surface area contributed by atoms with E-state index in [9.17, 15) is 5.11 Å². The maximum absolute atomic E-state index is 9.43. The molecule has 1 unspecified atom stereocenters. The third kappa shape index (κ3) is 9.92. The minimum Gasteiger partial charge on any atom is -0.389 e. The summed E-state index contributed by atoms with van der Waals surface area (Å²) in [6, 6.07) is 0. The first-order valence-corrected chi connectivity index (χ1v) is 5.12. The van der Waals surface area contributed by atoms with Crippen LogP contribution in [0.4, 0.5) is 0 Å². The average Bonchev–Trinajstić information content (AvgIpc) is 2.12. The van der Waals surface area contributed by atoms with E-state index >= 15 is 0 Å². The fraction of sp³-hybridized carbons (Fsp3) is 1.00. The summed E-state index contributed by atoms with van der Waals surface area (Å²) in [5.41, 5.74) is 0. The first kappa shape index (κ1) is 13.8. The second-order valence-electron chi connectivity index (χ2n) is 3.78. The molecule has 0 saturated carbocycles. The molecule has 0 saturated heterocycles. The highest BCUT2D eigenvalue weighted by atomic mass is 16.5. The molecule has 0 fully saturated rings. The van der Waals surface area contributed by atoms with Gasteiger partial charge in [-0.1, -0.05) is 13.8 Å². The van der Waals surface area contributed by atoms with Gasteiger partial charge in [0.2, 0.25) is 0 Å². The van der Waals surface area contributed by atoms with Crippen molar-refractivity contribution in [2.45, 2.75) is 20.0 Å². The Kier molecular flexibility index (Phi) is 9.29. The molecule has 0 radical (unpaired) electrons. The Bertz CT molecular complexity index is 120. The number of rotatable bonds is 9. The highest BCUT2D eigenvalue weighted by Crippen LogP contribution is 1.93. The lowest BCUT2D eigenvalue weighted by Gasteiger charge is -2.13. The largest absolute Gasteiger partial charge is 0.389 e. The predicted molar refractivity (Wildman–Crippen MR) is 56.4 cm³/mol. The molecule has 0 aromatic heterocycles. The topological polar surface area (TPSA) is 50.7 Å². The summed E-state index contributed by atoms with van der Waals surface area (Å²) in [4.78, 5) is 0. The Hall–Kier alpha value is -0.160. The van der Waals surface area contributed by atoms with Crippen molar-refractivity contribution in [1.29, 1.82) is 0 Å². The maximum atomic E-state index is 9.43. The molecule has 4 heteroatoms. The van der Waals surface area contributed by atoms with Crippen molar-refractivity contribution < 1.29 is 14.6 Å². The fourth-order valence-electron chi connectivity index (χ4n) is 0.942. The van der Waals surface area contributed by atoms with Gasteiger partial charge in [-0.15, -0.1) is 0 Å². The van der Waals surface area contributed by atoms with Gasteiger partial charge in [0.1, 0.15) is 0 Å². The van der Waals surface area contributed by atoms with Gasteiger partial charge in [0.25, 0.3) is 0 Å². The van der Waals surface area contributed by atoms with E-state index in [1.165, 1.54) is 0 Å². The normalized spacial score (nSPS) is 13.5. The molecule has 86 valence electrons. The highest BCUT2D eigenvalue weighted by Gasteiger charge is 2.03. The molecule has 0 aromatic carbocycles. The molecular weight excluding hydrogens is 182 g/mol. The summed E-state index contributed by atoms with van der Waals surface area (Å²) >= 11 is 0. The predicted octanol–water partition coefficient (Wildman–Crippen LogP) is 0.256. The molecule has 0 spiro atoms. The number of methoxy groups -OCH3 is 1. The van der Waals surface area contributed by atoms with E-state index in [-0.39, 0.29) is 0 Å². The number of hydrogen-bond donors (Lipinski definition) is 2. The Balaban J connectivity index is 3.15. The van der Waals surface area contributed by atoms with E-state index in [0.717, 1.165) is 6.54 Å². The van der Waals surface area contributed by atoms with Gasteiger partial charge in [-0.2, -0.15) is 0 Å². The lowest BCUT2D eigenvalue weighted by atomic mass is 10.2. The third-order valence-corrected chi connectivity index (χ3v) is 1.62. The molecule has 0 amide bonds. The van der Waals surface area contributed by atoms with Crippen LogP contribution in [0, 0.1) is 5.92 Å². The van der Waals surface area contributed by atoms with Crippen molar-refractivity contribution >= 4 is 0 Å². The van der Waals surface area contributed by atoms with Crippen molar-refractivity contribution in [3.63, 3.8) is 0 Å². The number of aliphatic hydroxyl groups is 1. The van der Waals surface area contributed by atoms with E-state index in [1.54, 1.807) is 7.11 Å². The Morgan fingerprint density at radius 3 is 2.57 bits per heavy atom. The summed E-state index contributed by atoms with van der Waals surface area (Å²) in [5, 5.41) is 12.5. The van der Waals surface area contributed by atoms with Crippen LogP contribution in [-0.2, 0) is 9.47 Å². The summed E-state index contributed by atoms with van der Waals surface area (Å²) in [6.45, 7) is 7.26. The van der Waals surface area contributed by atoms with Gasteiger partial charge in [-0.05, 0) is 5.92 Å². The van der Waals surface area contributed by atoms with Gasteiger partial charge in [-0.25, -0.2) is 0 Å². The van der Waals surface area contributed by atoms with Gasteiger partial charge in [-0.3, -0.25) is 0 Å². The summed E-state index contributed by atoms with van der Waals surface area (Å²) < 4.78 is 10.2. The molecule has 0 rings (SSSR count). The van der Waals surface area contributed by atoms with Crippen LogP contribution < -0.4 is 5.32 Å². The van der Waals surface area contributed by atoms with Crippen LogP contribution in [0.15, 0.2) is 0 Å². The van der Waals surface area contributed by atoms with E-state index in [4.69, 9.17) is 9.47 Å². The van der Waals surface area contributed by atoms with Gasteiger partial charge in [0, 0.05) is 26.8 Å². The first-order chi connectivity index (χ1) is 6.66. The van der Waals surface area contributed by atoms with Crippen LogP contribution in [0.2, 0.25) is 0 Å². The van der Waals surface area contributed by atoms with Gasteiger partial charge >= 0.3 is 0 Å². The Morgan fingerprint density at radius 1 is 1.29 bits per heavy atom. The molecule has 0 aliphatic heterocycles. The molecular formula is C10H23NO3. The zero-order chi connectivity index (χ0) is 10.8. The van der Waals surface area contributed by atoms with Crippen molar-refractivity contribution in [3.05, 3.63) is 0 Å². The number of hydrogen-bond acceptors (Lipinski definition) is 4. The number of nitrogens with one attached hydrogen (secondary N) is 1. The van der Waals surface area contributed by atoms with Crippen LogP contribution in [0.25, 0.3) is 0 Å². The second-order valence-corrected chi connectivity index (χ2v) is 3.78. The second kappa shape index (κ2) is 9.40. The lowest BCUT2D eigenvalue weighted by Crippen LogP contribution is -2.32. The zero-order valence-electron chi connectivity index (χ0n) is 9.45. The van der Waals surface area contributed by atoms with E-state index in [2.05, 4.69) is 19.2 Å². The van der Waals surface area contributed by atoms with Crippen LogP contribution in [0.3, 0.4) is 0 Å². The van der Waals surface area contributed by atoms with Crippen molar-refractivity contribution in [3.8, 4) is 0 Å². The Labute approximate surface area is 86.6 Å². The number of aliphatic hydroxyl groups excluding tert-OH is 1. The highest BCUT2D eigenvalue weighted by molar-refractivity contribution is 4.58. The molecule has 2 N–H and O–H groups in total. The van der Waals surface area contributed by atoms with Gasteiger partial charge in [0.05, 0.1) is 19.3 Å². The zero-order valence-corrected chi connectivity index (χ0v) is 9.45. The lowest BCUT2D eigenvalue weighted by molar-refractivity contribution is 0.0256. The monoisotopic (exact) mass is 205 g/mol. The smallest absolute Gasteiger partial charge is 0.0897 e. The first-order valence-electron chi connectivity index (χ1n) is 5.12. The van der Waals surface area contributed by atoms with E-state index in [0.29, 0.717) is 32.3 Å². The molecule has 0 aliphatic carbocycles. The van der Waals surface area contributed by atoms with E-state index in [1.807, 2.05) is 0 Å². The SMILES string of the molecule is COCCNCC(O)COCC(C)C. The van der Waals surface area contributed by atoms with Crippen molar-refractivity contribution in [2.75, 3.05) is 40.0 Å². The van der Waals surface area contributed by atoms with Crippen LogP contribution in [-0.4, -0.2) is 51.2 Å². The summed E-state index contributed by atoms with van der Waals surface area (Å²) in [7, 11) is 1.66. The summed E-state index contributed by atoms with van der Waals surface area (Å²) in [5.74, 6) is 0.517. The van der Waals surface area contributed by atoms with E-state index < -0.39 is 6.10 Å². The third-order valence-electron chi connectivity index (χ3n) is 1.62. The van der Waals surface area contributed by atoms with Gasteiger partial charge in [0.15, 0.2) is 0 Å². The van der Waals surface area contributed by atoms with Gasteiger partial charge < -0.3 is 19.9 Å².